The standard InChI is InChI=1S/C15H16N2O2/c16-15-14(2-1-7-17-15)19-8-5-11-3-4-13-12(10-11)6-9-18-13/h1-4,7,10H,5-6,8-9H2,(H2,16,17). The van der Waals surface area contributed by atoms with E-state index in [-0.39, 0.29) is 0 Å². The summed E-state index contributed by atoms with van der Waals surface area (Å²) in [6, 6.07) is 9.96. The number of ether oxygens (including phenoxy) is 2. The molecule has 0 saturated heterocycles. The van der Waals surface area contributed by atoms with E-state index in [9.17, 15) is 0 Å². The Morgan fingerprint density at radius 1 is 1.32 bits per heavy atom. The van der Waals surface area contributed by atoms with Gasteiger partial charge in [-0.1, -0.05) is 12.1 Å². The molecule has 98 valence electrons. The van der Waals surface area contributed by atoms with E-state index in [0.717, 1.165) is 25.2 Å². The van der Waals surface area contributed by atoms with Crippen molar-refractivity contribution in [1.29, 1.82) is 0 Å². The summed E-state index contributed by atoms with van der Waals surface area (Å²) in [7, 11) is 0. The summed E-state index contributed by atoms with van der Waals surface area (Å²) in [5.41, 5.74) is 8.27. The van der Waals surface area contributed by atoms with Gasteiger partial charge in [0.25, 0.3) is 0 Å². The number of nitrogen functional groups attached to an aromatic ring is 1. The minimum Gasteiger partial charge on any atom is -0.493 e. The average molecular weight is 256 g/mol. The molecule has 2 heterocycles. The molecule has 1 aromatic carbocycles. The molecule has 0 fully saturated rings. The van der Waals surface area contributed by atoms with Gasteiger partial charge in [0.2, 0.25) is 0 Å². The maximum atomic E-state index is 5.72. The molecule has 0 saturated carbocycles. The zero-order valence-corrected chi connectivity index (χ0v) is 10.6. The highest BCUT2D eigenvalue weighted by atomic mass is 16.5. The quantitative estimate of drug-likeness (QED) is 0.911. The first kappa shape index (κ1) is 11.8. The molecule has 1 aliphatic heterocycles. The van der Waals surface area contributed by atoms with Crippen molar-refractivity contribution in [2.75, 3.05) is 18.9 Å². The number of nitrogens with zero attached hydrogens (tertiary/aromatic N) is 1. The van der Waals surface area contributed by atoms with E-state index in [1.165, 1.54) is 11.1 Å². The molecule has 0 atom stereocenters. The van der Waals surface area contributed by atoms with Gasteiger partial charge in [-0.2, -0.15) is 0 Å². The van der Waals surface area contributed by atoms with Crippen LogP contribution in [-0.2, 0) is 12.8 Å². The van der Waals surface area contributed by atoms with Crippen molar-refractivity contribution in [3.05, 3.63) is 47.7 Å². The second-order valence-corrected chi connectivity index (χ2v) is 4.53. The van der Waals surface area contributed by atoms with Crippen molar-refractivity contribution < 1.29 is 9.47 Å². The maximum Gasteiger partial charge on any atom is 0.166 e. The Labute approximate surface area is 112 Å². The number of pyridine rings is 1. The number of aromatic nitrogens is 1. The van der Waals surface area contributed by atoms with Crippen molar-refractivity contribution in [2.45, 2.75) is 12.8 Å². The largest absolute Gasteiger partial charge is 0.493 e. The van der Waals surface area contributed by atoms with Gasteiger partial charge < -0.3 is 15.2 Å². The van der Waals surface area contributed by atoms with Crippen LogP contribution in [0.25, 0.3) is 0 Å². The zero-order valence-electron chi connectivity index (χ0n) is 10.6. The fraction of sp³-hybridized carbons (Fsp3) is 0.267. The van der Waals surface area contributed by atoms with Crippen LogP contribution in [0.3, 0.4) is 0 Å². The van der Waals surface area contributed by atoms with Crippen LogP contribution in [-0.4, -0.2) is 18.2 Å². The molecule has 0 amide bonds. The number of nitrogens with two attached hydrogens (primary N) is 1. The van der Waals surface area contributed by atoms with Gasteiger partial charge in [0, 0.05) is 19.0 Å². The fourth-order valence-electron chi connectivity index (χ4n) is 2.20. The lowest BCUT2D eigenvalue weighted by molar-refractivity contribution is 0.322. The fourth-order valence-corrected chi connectivity index (χ4v) is 2.20. The Kier molecular flexibility index (Phi) is 3.23. The third-order valence-corrected chi connectivity index (χ3v) is 3.20. The van der Waals surface area contributed by atoms with Crippen LogP contribution in [0.2, 0.25) is 0 Å². The number of fused-ring (bicyclic) bond motifs is 1. The lowest BCUT2D eigenvalue weighted by Gasteiger charge is -2.08. The van der Waals surface area contributed by atoms with Crippen molar-refractivity contribution in [2.24, 2.45) is 0 Å². The van der Waals surface area contributed by atoms with Gasteiger partial charge in [-0.3, -0.25) is 0 Å². The summed E-state index contributed by atoms with van der Waals surface area (Å²) in [4.78, 5) is 3.99. The minimum atomic E-state index is 0.435. The third kappa shape index (κ3) is 2.62. The summed E-state index contributed by atoms with van der Waals surface area (Å²) >= 11 is 0. The van der Waals surface area contributed by atoms with Crippen molar-refractivity contribution in [3.63, 3.8) is 0 Å². The van der Waals surface area contributed by atoms with Gasteiger partial charge in [0.15, 0.2) is 11.6 Å². The van der Waals surface area contributed by atoms with Gasteiger partial charge in [0.05, 0.1) is 13.2 Å². The predicted octanol–water partition coefficient (Wildman–Crippen LogP) is 2.22. The topological polar surface area (TPSA) is 57.4 Å². The Bertz CT molecular complexity index is 584. The molecule has 3 rings (SSSR count). The van der Waals surface area contributed by atoms with Gasteiger partial charge in [0.1, 0.15) is 5.75 Å². The second-order valence-electron chi connectivity index (χ2n) is 4.53. The van der Waals surface area contributed by atoms with Crippen LogP contribution in [0.4, 0.5) is 5.82 Å². The smallest absolute Gasteiger partial charge is 0.166 e. The van der Waals surface area contributed by atoms with E-state index in [1.54, 1.807) is 6.20 Å². The molecule has 4 heteroatoms. The van der Waals surface area contributed by atoms with Crippen LogP contribution >= 0.6 is 0 Å². The van der Waals surface area contributed by atoms with Gasteiger partial charge >= 0.3 is 0 Å². The van der Waals surface area contributed by atoms with Crippen LogP contribution < -0.4 is 15.2 Å². The average Bonchev–Trinajstić information content (AvgIpc) is 2.88. The first-order valence-corrected chi connectivity index (χ1v) is 6.41. The monoisotopic (exact) mass is 256 g/mol. The van der Waals surface area contributed by atoms with E-state index in [2.05, 4.69) is 17.1 Å². The number of rotatable bonds is 4. The van der Waals surface area contributed by atoms with Crippen LogP contribution in [0.15, 0.2) is 36.5 Å². The first-order chi connectivity index (χ1) is 9.33. The number of hydrogen-bond donors (Lipinski definition) is 1. The summed E-state index contributed by atoms with van der Waals surface area (Å²) in [5.74, 6) is 2.10. The summed E-state index contributed by atoms with van der Waals surface area (Å²) < 4.78 is 11.1. The highest BCUT2D eigenvalue weighted by molar-refractivity contribution is 5.44. The highest BCUT2D eigenvalue weighted by Crippen LogP contribution is 2.26. The zero-order chi connectivity index (χ0) is 13.1. The van der Waals surface area contributed by atoms with Gasteiger partial charge in [-0.15, -0.1) is 0 Å². The highest BCUT2D eigenvalue weighted by Gasteiger charge is 2.11. The molecule has 0 unspecified atom stereocenters. The Morgan fingerprint density at radius 3 is 3.16 bits per heavy atom. The second kappa shape index (κ2) is 5.18. The number of anilines is 1. The molecule has 2 N–H and O–H groups in total. The number of hydrogen-bond acceptors (Lipinski definition) is 4. The molecule has 1 aromatic heterocycles. The molecule has 4 nitrogen and oxygen atoms in total. The third-order valence-electron chi connectivity index (χ3n) is 3.20. The Balaban J connectivity index is 1.59. The molecular weight excluding hydrogens is 240 g/mol. The summed E-state index contributed by atoms with van der Waals surface area (Å²) in [5, 5.41) is 0. The van der Waals surface area contributed by atoms with Gasteiger partial charge in [-0.05, 0) is 29.3 Å². The summed E-state index contributed by atoms with van der Waals surface area (Å²) in [6.45, 7) is 1.39. The molecule has 2 aromatic rings. The minimum absolute atomic E-state index is 0.435. The molecule has 1 aliphatic rings. The lowest BCUT2D eigenvalue weighted by atomic mass is 10.1. The first-order valence-electron chi connectivity index (χ1n) is 6.41. The molecule has 19 heavy (non-hydrogen) atoms. The van der Waals surface area contributed by atoms with Crippen molar-refractivity contribution in [1.82, 2.24) is 4.98 Å². The predicted molar refractivity (Wildman–Crippen MR) is 73.5 cm³/mol. The van der Waals surface area contributed by atoms with Gasteiger partial charge in [-0.25, -0.2) is 4.98 Å². The van der Waals surface area contributed by atoms with Crippen molar-refractivity contribution >= 4 is 5.82 Å². The molecule has 0 spiro atoms. The molecule has 0 radical (unpaired) electrons. The van der Waals surface area contributed by atoms with E-state index < -0.39 is 0 Å². The van der Waals surface area contributed by atoms with E-state index >= 15 is 0 Å². The molecular formula is C15H16N2O2. The molecule has 0 bridgehead atoms. The molecule has 0 aliphatic carbocycles. The van der Waals surface area contributed by atoms with E-state index in [4.69, 9.17) is 15.2 Å². The normalized spacial score (nSPS) is 12.8. The Morgan fingerprint density at radius 2 is 2.26 bits per heavy atom. The van der Waals surface area contributed by atoms with Crippen LogP contribution in [0, 0.1) is 0 Å². The van der Waals surface area contributed by atoms with E-state index in [1.807, 2.05) is 18.2 Å². The summed E-state index contributed by atoms with van der Waals surface area (Å²) in [6.07, 6.45) is 3.50. The lowest BCUT2D eigenvalue weighted by Crippen LogP contribution is -2.04. The van der Waals surface area contributed by atoms with E-state index in [0.29, 0.717) is 18.2 Å². The SMILES string of the molecule is Nc1ncccc1OCCc1ccc2c(c1)CCO2. The number of benzene rings is 1. The van der Waals surface area contributed by atoms with Crippen molar-refractivity contribution in [3.8, 4) is 11.5 Å². The van der Waals surface area contributed by atoms with Crippen LogP contribution in [0.1, 0.15) is 11.1 Å². The van der Waals surface area contributed by atoms with Crippen LogP contribution in [0.5, 0.6) is 11.5 Å². The Hall–Kier alpha value is -2.23. The maximum absolute atomic E-state index is 5.72.